The molecular weight excluding hydrogens is 240 g/mol. The highest BCUT2D eigenvalue weighted by atomic mass is 16.2. The van der Waals surface area contributed by atoms with Gasteiger partial charge in [-0.2, -0.15) is 0 Å². The van der Waals surface area contributed by atoms with Crippen LogP contribution in [0.3, 0.4) is 0 Å². The molecule has 2 rings (SSSR count). The van der Waals surface area contributed by atoms with E-state index in [0.717, 1.165) is 25.1 Å². The molecule has 0 fully saturated rings. The van der Waals surface area contributed by atoms with Gasteiger partial charge in [0.1, 0.15) is 0 Å². The lowest BCUT2D eigenvalue weighted by Crippen LogP contribution is -2.34. The number of carbonyl (C=O) groups is 1. The van der Waals surface area contributed by atoms with Crippen molar-refractivity contribution in [1.29, 1.82) is 0 Å². The summed E-state index contributed by atoms with van der Waals surface area (Å²) in [6.07, 6.45) is 2.31. The number of amides is 1. The Morgan fingerprint density at radius 2 is 2.26 bits per heavy atom. The number of carbonyl (C=O) groups excluding carboxylic acids is 1. The van der Waals surface area contributed by atoms with Gasteiger partial charge < -0.3 is 15.7 Å². The van der Waals surface area contributed by atoms with E-state index in [0.29, 0.717) is 12.5 Å². The summed E-state index contributed by atoms with van der Waals surface area (Å²) in [6.45, 7) is 3.15. The number of benzene rings is 1. The number of aliphatic hydroxyl groups excluding tert-OH is 1. The summed E-state index contributed by atoms with van der Waals surface area (Å²) in [4.78, 5) is 11.7. The van der Waals surface area contributed by atoms with Gasteiger partial charge in [0.25, 0.3) is 0 Å². The van der Waals surface area contributed by atoms with Crippen molar-refractivity contribution in [1.82, 2.24) is 5.32 Å². The van der Waals surface area contributed by atoms with E-state index in [4.69, 9.17) is 5.11 Å². The van der Waals surface area contributed by atoms with Crippen LogP contribution in [0.2, 0.25) is 0 Å². The lowest BCUT2D eigenvalue weighted by Gasteiger charge is -2.27. The van der Waals surface area contributed by atoms with E-state index in [-0.39, 0.29) is 18.4 Å². The van der Waals surface area contributed by atoms with Crippen LogP contribution in [0, 0.1) is 0 Å². The van der Waals surface area contributed by atoms with Crippen LogP contribution in [0.5, 0.6) is 0 Å². The standard InChI is InChI=1S/C15H22N2O2/c1-11(5-4-8-18)16-10-12-9-15(19)17-14-7-3-2-6-13(12)14/h2-3,6-7,11-12,16,18H,4-5,8-10H2,1H3,(H,17,19)/t11-,12-/m0/s1. The molecule has 0 saturated carbocycles. The minimum absolute atomic E-state index is 0.0912. The molecule has 1 heterocycles. The van der Waals surface area contributed by atoms with Crippen molar-refractivity contribution in [2.45, 2.75) is 38.1 Å². The second-order valence-electron chi connectivity index (χ2n) is 5.21. The van der Waals surface area contributed by atoms with Gasteiger partial charge in [0.2, 0.25) is 5.91 Å². The van der Waals surface area contributed by atoms with Gasteiger partial charge in [-0.15, -0.1) is 0 Å². The van der Waals surface area contributed by atoms with Crippen molar-refractivity contribution < 1.29 is 9.90 Å². The summed E-state index contributed by atoms with van der Waals surface area (Å²) in [5.74, 6) is 0.329. The third-order valence-corrected chi connectivity index (χ3v) is 3.61. The third kappa shape index (κ3) is 3.78. The Hall–Kier alpha value is -1.39. The Morgan fingerprint density at radius 1 is 1.47 bits per heavy atom. The highest BCUT2D eigenvalue weighted by molar-refractivity contribution is 5.94. The summed E-state index contributed by atoms with van der Waals surface area (Å²) >= 11 is 0. The number of hydrogen-bond donors (Lipinski definition) is 3. The smallest absolute Gasteiger partial charge is 0.225 e. The Bertz CT molecular complexity index is 434. The molecule has 3 N–H and O–H groups in total. The molecule has 0 bridgehead atoms. The van der Waals surface area contributed by atoms with Crippen LogP contribution in [-0.4, -0.2) is 30.2 Å². The zero-order valence-corrected chi connectivity index (χ0v) is 11.4. The molecule has 0 unspecified atom stereocenters. The van der Waals surface area contributed by atoms with Crippen LogP contribution >= 0.6 is 0 Å². The van der Waals surface area contributed by atoms with Crippen LogP contribution in [-0.2, 0) is 4.79 Å². The number of aliphatic hydroxyl groups is 1. The number of anilines is 1. The summed E-state index contributed by atoms with van der Waals surface area (Å²) < 4.78 is 0. The minimum Gasteiger partial charge on any atom is -0.396 e. The second kappa shape index (κ2) is 6.68. The van der Waals surface area contributed by atoms with Crippen LogP contribution in [0.25, 0.3) is 0 Å². The lowest BCUT2D eigenvalue weighted by atomic mass is 9.90. The van der Waals surface area contributed by atoms with E-state index in [1.54, 1.807) is 0 Å². The van der Waals surface area contributed by atoms with E-state index in [2.05, 4.69) is 23.6 Å². The first-order chi connectivity index (χ1) is 9.20. The highest BCUT2D eigenvalue weighted by Gasteiger charge is 2.24. The zero-order chi connectivity index (χ0) is 13.7. The van der Waals surface area contributed by atoms with Crippen LogP contribution in [0.1, 0.15) is 37.7 Å². The number of hydrogen-bond acceptors (Lipinski definition) is 3. The number of nitrogens with one attached hydrogen (secondary N) is 2. The second-order valence-corrected chi connectivity index (χ2v) is 5.21. The molecule has 1 aliphatic heterocycles. The molecule has 104 valence electrons. The number of rotatable bonds is 6. The molecule has 1 aliphatic rings. The van der Waals surface area contributed by atoms with E-state index in [1.165, 1.54) is 5.56 Å². The van der Waals surface area contributed by atoms with Crippen LogP contribution in [0.4, 0.5) is 5.69 Å². The molecule has 0 radical (unpaired) electrons. The maximum absolute atomic E-state index is 11.7. The zero-order valence-electron chi connectivity index (χ0n) is 11.4. The van der Waals surface area contributed by atoms with Crippen LogP contribution in [0.15, 0.2) is 24.3 Å². The van der Waals surface area contributed by atoms with Gasteiger partial charge in [-0.05, 0) is 31.4 Å². The Labute approximate surface area is 114 Å². The summed E-state index contributed by atoms with van der Waals surface area (Å²) in [7, 11) is 0. The summed E-state index contributed by atoms with van der Waals surface area (Å²) in [5.41, 5.74) is 2.15. The predicted octanol–water partition coefficient (Wildman–Crippen LogP) is 1.86. The lowest BCUT2D eigenvalue weighted by molar-refractivity contribution is -0.116. The fourth-order valence-corrected chi connectivity index (χ4v) is 2.53. The van der Waals surface area contributed by atoms with Gasteiger partial charge in [0.15, 0.2) is 0 Å². The van der Waals surface area contributed by atoms with Gasteiger partial charge in [-0.1, -0.05) is 18.2 Å². The average Bonchev–Trinajstić information content (AvgIpc) is 2.42. The quantitative estimate of drug-likeness (QED) is 0.733. The van der Waals surface area contributed by atoms with E-state index in [1.807, 2.05) is 18.2 Å². The van der Waals surface area contributed by atoms with Crippen molar-refractivity contribution in [3.63, 3.8) is 0 Å². The van der Waals surface area contributed by atoms with Gasteiger partial charge >= 0.3 is 0 Å². The predicted molar refractivity (Wildman–Crippen MR) is 76.2 cm³/mol. The van der Waals surface area contributed by atoms with E-state index in [9.17, 15) is 4.79 Å². The Balaban J connectivity index is 1.95. The molecule has 1 amide bonds. The minimum atomic E-state index is 0.0912. The third-order valence-electron chi connectivity index (χ3n) is 3.61. The van der Waals surface area contributed by atoms with Crippen molar-refractivity contribution in [3.8, 4) is 0 Å². The highest BCUT2D eigenvalue weighted by Crippen LogP contribution is 2.31. The largest absolute Gasteiger partial charge is 0.396 e. The Kier molecular flexibility index (Phi) is 4.93. The van der Waals surface area contributed by atoms with E-state index < -0.39 is 0 Å². The first-order valence-electron chi connectivity index (χ1n) is 6.93. The topological polar surface area (TPSA) is 61.4 Å². The SMILES string of the molecule is C[C@@H](CCCO)NC[C@@H]1CC(=O)Nc2ccccc21. The molecule has 0 aromatic heterocycles. The van der Waals surface area contributed by atoms with Crippen molar-refractivity contribution in [3.05, 3.63) is 29.8 Å². The van der Waals surface area contributed by atoms with Gasteiger partial charge in [0.05, 0.1) is 0 Å². The molecule has 4 heteroatoms. The van der Waals surface area contributed by atoms with Gasteiger partial charge in [0, 0.05) is 37.2 Å². The maximum atomic E-state index is 11.7. The first-order valence-corrected chi connectivity index (χ1v) is 6.93. The molecule has 0 saturated heterocycles. The first kappa shape index (κ1) is 14.0. The summed E-state index contributed by atoms with van der Waals surface area (Å²) in [5, 5.41) is 15.2. The molecule has 1 aromatic carbocycles. The van der Waals surface area contributed by atoms with Crippen molar-refractivity contribution in [2.24, 2.45) is 0 Å². The fourth-order valence-electron chi connectivity index (χ4n) is 2.53. The molecule has 19 heavy (non-hydrogen) atoms. The van der Waals surface area contributed by atoms with E-state index >= 15 is 0 Å². The molecule has 1 aromatic rings. The average molecular weight is 262 g/mol. The molecule has 2 atom stereocenters. The fraction of sp³-hybridized carbons (Fsp3) is 0.533. The maximum Gasteiger partial charge on any atom is 0.225 e. The molecule has 0 spiro atoms. The molecule has 4 nitrogen and oxygen atoms in total. The van der Waals surface area contributed by atoms with Gasteiger partial charge in [-0.3, -0.25) is 4.79 Å². The summed E-state index contributed by atoms with van der Waals surface area (Å²) in [6, 6.07) is 8.36. The van der Waals surface area contributed by atoms with Crippen molar-refractivity contribution in [2.75, 3.05) is 18.5 Å². The van der Waals surface area contributed by atoms with Gasteiger partial charge in [-0.25, -0.2) is 0 Å². The molecule has 0 aliphatic carbocycles. The number of para-hydroxylation sites is 1. The Morgan fingerprint density at radius 3 is 3.05 bits per heavy atom. The van der Waals surface area contributed by atoms with Crippen molar-refractivity contribution >= 4 is 11.6 Å². The van der Waals surface area contributed by atoms with Crippen LogP contribution < -0.4 is 10.6 Å². The molecular formula is C15H22N2O2. The number of fused-ring (bicyclic) bond motifs is 1. The normalized spacial score (nSPS) is 19.7. The monoisotopic (exact) mass is 262 g/mol.